The van der Waals surface area contributed by atoms with E-state index in [1.54, 1.807) is 4.68 Å². The van der Waals surface area contributed by atoms with Crippen LogP contribution >= 0.6 is 0 Å². The van der Waals surface area contributed by atoms with E-state index in [2.05, 4.69) is 5.10 Å². The van der Waals surface area contributed by atoms with Crippen LogP contribution in [0.15, 0.2) is 6.07 Å². The van der Waals surface area contributed by atoms with Gasteiger partial charge in [-0.2, -0.15) is 5.10 Å². The Bertz CT molecular complexity index is 701. The predicted octanol–water partition coefficient (Wildman–Crippen LogP) is 2.37. The Morgan fingerprint density at radius 3 is 2.50 bits per heavy atom. The van der Waals surface area contributed by atoms with Crippen LogP contribution in [0, 0.1) is 18.3 Å². The summed E-state index contributed by atoms with van der Waals surface area (Å²) >= 11 is 0. The van der Waals surface area contributed by atoms with Crippen molar-refractivity contribution in [1.82, 2.24) is 19.6 Å². The van der Waals surface area contributed by atoms with Gasteiger partial charge < -0.3 is 9.80 Å². The molecule has 1 aromatic heterocycles. The number of aromatic nitrogens is 2. The van der Waals surface area contributed by atoms with Crippen LogP contribution in [-0.2, 0) is 11.8 Å². The first kappa shape index (κ1) is 17.6. The van der Waals surface area contributed by atoms with Crippen molar-refractivity contribution in [2.24, 2.45) is 18.4 Å². The maximum Gasteiger partial charge on any atom is 0.272 e. The van der Waals surface area contributed by atoms with E-state index in [1.165, 1.54) is 19.3 Å². The van der Waals surface area contributed by atoms with Gasteiger partial charge in [-0.25, -0.2) is 0 Å². The molecule has 3 aliphatic rings. The van der Waals surface area contributed by atoms with Crippen LogP contribution in [0.5, 0.6) is 0 Å². The fourth-order valence-electron chi connectivity index (χ4n) is 5.18. The third kappa shape index (κ3) is 3.03. The van der Waals surface area contributed by atoms with Gasteiger partial charge in [0, 0.05) is 39.6 Å². The van der Waals surface area contributed by atoms with Crippen molar-refractivity contribution in [3.05, 3.63) is 17.5 Å². The van der Waals surface area contributed by atoms with Crippen LogP contribution < -0.4 is 0 Å². The summed E-state index contributed by atoms with van der Waals surface area (Å²) in [7, 11) is 1.83. The first-order valence-corrected chi connectivity index (χ1v) is 10.1. The molecule has 0 aromatic carbocycles. The minimum absolute atomic E-state index is 0.0905. The van der Waals surface area contributed by atoms with E-state index in [9.17, 15) is 9.59 Å². The zero-order valence-corrected chi connectivity index (χ0v) is 16.0. The van der Waals surface area contributed by atoms with Gasteiger partial charge in [0.25, 0.3) is 5.91 Å². The Morgan fingerprint density at radius 2 is 1.92 bits per heavy atom. The molecule has 1 atom stereocenters. The maximum absolute atomic E-state index is 13.0. The normalized spacial score (nSPS) is 24.3. The second-order valence-corrected chi connectivity index (χ2v) is 8.52. The van der Waals surface area contributed by atoms with Crippen LogP contribution in [0.4, 0.5) is 0 Å². The molecule has 2 aliphatic heterocycles. The fraction of sp³-hybridized carbons (Fsp3) is 0.750. The number of rotatable bonds is 4. The van der Waals surface area contributed by atoms with Crippen molar-refractivity contribution in [2.45, 2.75) is 51.9 Å². The largest absolute Gasteiger partial charge is 0.343 e. The number of carbonyl (C=O) groups is 2. The third-order valence-corrected chi connectivity index (χ3v) is 6.84. The van der Waals surface area contributed by atoms with Gasteiger partial charge in [0.2, 0.25) is 5.91 Å². The minimum Gasteiger partial charge on any atom is -0.343 e. The van der Waals surface area contributed by atoms with E-state index in [4.69, 9.17) is 0 Å². The third-order valence-electron chi connectivity index (χ3n) is 6.84. The maximum atomic E-state index is 13.0. The van der Waals surface area contributed by atoms with E-state index in [0.717, 1.165) is 51.1 Å². The van der Waals surface area contributed by atoms with Gasteiger partial charge in [-0.05, 0) is 56.4 Å². The van der Waals surface area contributed by atoms with E-state index < -0.39 is 0 Å². The molecule has 1 aliphatic carbocycles. The van der Waals surface area contributed by atoms with E-state index >= 15 is 0 Å². The summed E-state index contributed by atoms with van der Waals surface area (Å²) in [6.07, 6.45) is 7.50. The van der Waals surface area contributed by atoms with Gasteiger partial charge in [-0.1, -0.05) is 6.42 Å². The van der Waals surface area contributed by atoms with Crippen molar-refractivity contribution < 1.29 is 9.59 Å². The molecule has 2 amide bonds. The molecule has 4 rings (SSSR count). The number of hydrogen-bond acceptors (Lipinski definition) is 3. The summed E-state index contributed by atoms with van der Waals surface area (Å²) in [6.45, 7) is 5.41. The molecule has 1 unspecified atom stereocenters. The lowest BCUT2D eigenvalue weighted by molar-refractivity contribution is -0.130. The summed E-state index contributed by atoms with van der Waals surface area (Å²) in [5, 5.41) is 4.32. The van der Waals surface area contributed by atoms with Crippen LogP contribution in [0.2, 0.25) is 0 Å². The fourth-order valence-corrected chi connectivity index (χ4v) is 5.18. The van der Waals surface area contributed by atoms with Gasteiger partial charge >= 0.3 is 0 Å². The highest BCUT2D eigenvalue weighted by atomic mass is 16.2. The molecule has 142 valence electrons. The zero-order valence-electron chi connectivity index (χ0n) is 16.0. The topological polar surface area (TPSA) is 58.4 Å². The van der Waals surface area contributed by atoms with Gasteiger partial charge in [-0.15, -0.1) is 0 Å². The second-order valence-electron chi connectivity index (χ2n) is 8.52. The monoisotopic (exact) mass is 358 g/mol. The first-order valence-electron chi connectivity index (χ1n) is 10.1. The number of amides is 2. The van der Waals surface area contributed by atoms with E-state index in [1.807, 2.05) is 29.8 Å². The Kier molecular flexibility index (Phi) is 4.53. The predicted molar refractivity (Wildman–Crippen MR) is 98.7 cm³/mol. The average Bonchev–Trinajstić information content (AvgIpc) is 3.29. The lowest BCUT2D eigenvalue weighted by Crippen LogP contribution is -2.39. The van der Waals surface area contributed by atoms with Crippen LogP contribution in [0.25, 0.3) is 0 Å². The van der Waals surface area contributed by atoms with Crippen molar-refractivity contribution in [3.8, 4) is 0 Å². The van der Waals surface area contributed by atoms with Crippen LogP contribution in [0.1, 0.15) is 61.1 Å². The molecule has 0 N–H and O–H groups in total. The standard InChI is InChI=1S/C20H30N4O2/c1-15-12-17(22(2)21-15)19(26)24-13-16(20(14-24)8-5-9-20)6-7-18(25)23-10-3-4-11-23/h12,16H,3-11,13-14H2,1-2H3. The molecule has 1 spiro atoms. The lowest BCUT2D eigenvalue weighted by Gasteiger charge is -2.43. The van der Waals surface area contributed by atoms with Gasteiger partial charge in [0.15, 0.2) is 0 Å². The highest BCUT2D eigenvalue weighted by Gasteiger charge is 2.51. The van der Waals surface area contributed by atoms with E-state index in [0.29, 0.717) is 23.9 Å². The molecule has 0 radical (unpaired) electrons. The molecule has 3 heterocycles. The SMILES string of the molecule is Cc1cc(C(=O)N2CC(CCC(=O)N3CCCC3)C3(CCC3)C2)n(C)n1. The molecular formula is C20H30N4O2. The summed E-state index contributed by atoms with van der Waals surface area (Å²) in [5.74, 6) is 0.859. The number of carbonyl (C=O) groups excluding carboxylic acids is 2. The highest BCUT2D eigenvalue weighted by molar-refractivity contribution is 5.93. The molecule has 1 aromatic rings. The zero-order chi connectivity index (χ0) is 18.3. The Hall–Kier alpha value is -1.85. The second kappa shape index (κ2) is 6.71. The Labute approximate surface area is 155 Å². The van der Waals surface area contributed by atoms with Crippen molar-refractivity contribution in [2.75, 3.05) is 26.2 Å². The van der Waals surface area contributed by atoms with Crippen LogP contribution in [0.3, 0.4) is 0 Å². The number of likely N-dealkylation sites (tertiary alicyclic amines) is 2. The van der Waals surface area contributed by atoms with Crippen molar-refractivity contribution in [1.29, 1.82) is 0 Å². The Morgan fingerprint density at radius 1 is 1.19 bits per heavy atom. The molecule has 3 fully saturated rings. The lowest BCUT2D eigenvalue weighted by atomic mass is 9.62. The summed E-state index contributed by atoms with van der Waals surface area (Å²) in [6, 6.07) is 1.88. The molecular weight excluding hydrogens is 328 g/mol. The molecule has 6 nitrogen and oxygen atoms in total. The smallest absolute Gasteiger partial charge is 0.272 e. The number of nitrogens with zero attached hydrogens (tertiary/aromatic N) is 4. The van der Waals surface area contributed by atoms with Crippen molar-refractivity contribution in [3.63, 3.8) is 0 Å². The average molecular weight is 358 g/mol. The molecule has 2 saturated heterocycles. The van der Waals surface area contributed by atoms with Crippen LogP contribution in [-0.4, -0.2) is 57.6 Å². The summed E-state index contributed by atoms with van der Waals surface area (Å²) in [5.41, 5.74) is 1.81. The quantitative estimate of drug-likeness (QED) is 0.830. The van der Waals surface area contributed by atoms with Gasteiger partial charge in [0.1, 0.15) is 5.69 Å². The highest BCUT2D eigenvalue weighted by Crippen LogP contribution is 2.53. The van der Waals surface area contributed by atoms with Crippen molar-refractivity contribution >= 4 is 11.8 Å². The molecule has 1 saturated carbocycles. The minimum atomic E-state index is 0.0905. The summed E-state index contributed by atoms with van der Waals surface area (Å²) < 4.78 is 1.69. The number of aryl methyl sites for hydroxylation is 2. The molecule has 26 heavy (non-hydrogen) atoms. The first-order chi connectivity index (χ1) is 12.5. The number of hydrogen-bond donors (Lipinski definition) is 0. The molecule has 0 bridgehead atoms. The molecule has 6 heteroatoms. The van der Waals surface area contributed by atoms with Gasteiger partial charge in [0.05, 0.1) is 5.69 Å². The summed E-state index contributed by atoms with van der Waals surface area (Å²) in [4.78, 5) is 29.5. The Balaban J connectivity index is 1.41. The van der Waals surface area contributed by atoms with E-state index in [-0.39, 0.29) is 11.3 Å². The van der Waals surface area contributed by atoms with Gasteiger partial charge in [-0.3, -0.25) is 14.3 Å².